The largest absolute Gasteiger partial charge is 0.573 e. The van der Waals surface area contributed by atoms with Gasteiger partial charge in [0.2, 0.25) is 0 Å². The number of alkyl halides is 3. The number of benzene rings is 1. The van der Waals surface area contributed by atoms with Gasteiger partial charge in [-0.25, -0.2) is 4.39 Å². The van der Waals surface area contributed by atoms with E-state index in [2.05, 4.69) is 4.74 Å². The molecule has 0 aliphatic rings. The summed E-state index contributed by atoms with van der Waals surface area (Å²) in [5.41, 5.74) is -0.638. The minimum absolute atomic E-state index is 0.216. The molecule has 0 saturated carbocycles. The zero-order valence-corrected chi connectivity index (χ0v) is 8.62. The molecule has 0 radical (unpaired) electrons. The predicted octanol–water partition coefficient (Wildman–Crippen LogP) is 3.15. The monoisotopic (exact) mass is 256 g/mol. The Labute approximate surface area is 99.1 Å². The zero-order chi connectivity index (χ0) is 13.8. The van der Waals surface area contributed by atoms with E-state index in [-0.39, 0.29) is 5.56 Å². The first-order valence-electron chi connectivity index (χ1n) is 4.43. The average Bonchev–Trinajstić information content (AvgIpc) is 2.26. The second-order valence-electron chi connectivity index (χ2n) is 3.01. The minimum atomic E-state index is -4.99. The van der Waals surface area contributed by atoms with E-state index in [0.29, 0.717) is 6.07 Å². The summed E-state index contributed by atoms with van der Waals surface area (Å²) in [6, 6.07) is 5.34. The number of rotatable bonds is 2. The molecule has 92 valence electrons. The second kappa shape index (κ2) is 5.19. The molecule has 0 unspecified atom stereocenters. The van der Waals surface area contributed by atoms with Gasteiger partial charge in [0.25, 0.3) is 0 Å². The molecule has 18 heavy (non-hydrogen) atoms. The Morgan fingerprint density at radius 3 is 2.33 bits per heavy atom. The lowest BCUT2D eigenvalue weighted by Crippen LogP contribution is -2.17. The Bertz CT molecular complexity index is 548. The molecule has 7 heteroatoms. The van der Waals surface area contributed by atoms with E-state index in [1.807, 2.05) is 0 Å². The molecule has 0 aliphatic heterocycles. The molecule has 0 fully saturated rings. The highest BCUT2D eigenvalue weighted by Crippen LogP contribution is 2.28. The maximum Gasteiger partial charge on any atom is 0.573 e. The van der Waals surface area contributed by atoms with Crippen molar-refractivity contribution in [1.29, 1.82) is 10.5 Å². The fraction of sp³-hybridized carbons (Fsp3) is 0.0909. The molecule has 3 nitrogen and oxygen atoms in total. The molecule has 1 rings (SSSR count). The van der Waals surface area contributed by atoms with Gasteiger partial charge in [-0.2, -0.15) is 10.5 Å². The van der Waals surface area contributed by atoms with Crippen LogP contribution in [0.5, 0.6) is 5.75 Å². The van der Waals surface area contributed by atoms with Crippen LogP contribution in [0.1, 0.15) is 5.56 Å². The third kappa shape index (κ3) is 3.80. The molecule has 1 aromatic carbocycles. The molecule has 0 aromatic heterocycles. The van der Waals surface area contributed by atoms with Crippen molar-refractivity contribution in [3.8, 4) is 17.9 Å². The zero-order valence-electron chi connectivity index (χ0n) is 8.62. The van der Waals surface area contributed by atoms with Gasteiger partial charge in [-0.15, -0.1) is 13.2 Å². The van der Waals surface area contributed by atoms with Gasteiger partial charge in [-0.1, -0.05) is 0 Å². The molecule has 0 aliphatic carbocycles. The number of halogens is 4. The van der Waals surface area contributed by atoms with Crippen LogP contribution in [0.15, 0.2) is 23.8 Å². The van der Waals surface area contributed by atoms with Gasteiger partial charge in [-0.3, -0.25) is 0 Å². The number of ether oxygens (including phenoxy) is 1. The summed E-state index contributed by atoms with van der Waals surface area (Å²) >= 11 is 0. The van der Waals surface area contributed by atoms with Crippen molar-refractivity contribution in [1.82, 2.24) is 0 Å². The minimum Gasteiger partial charge on any atom is -0.405 e. The Kier molecular flexibility index (Phi) is 3.90. The van der Waals surface area contributed by atoms with Crippen molar-refractivity contribution in [2.24, 2.45) is 0 Å². The van der Waals surface area contributed by atoms with Crippen LogP contribution in [0, 0.1) is 28.5 Å². The van der Waals surface area contributed by atoms with E-state index in [1.165, 1.54) is 12.1 Å². The lowest BCUT2D eigenvalue weighted by molar-refractivity contribution is -0.274. The van der Waals surface area contributed by atoms with Gasteiger partial charge in [-0.05, 0) is 18.2 Å². The molecule has 0 spiro atoms. The Balaban J connectivity index is 3.25. The molecule has 0 amide bonds. The summed E-state index contributed by atoms with van der Waals surface area (Å²) in [6.07, 6.45) is -4.11. The lowest BCUT2D eigenvalue weighted by atomic mass is 10.1. The highest BCUT2D eigenvalue weighted by molar-refractivity contribution is 5.66. The fourth-order valence-corrected chi connectivity index (χ4v) is 1.09. The first-order valence-corrected chi connectivity index (χ1v) is 4.43. The topological polar surface area (TPSA) is 56.8 Å². The highest BCUT2D eigenvalue weighted by Gasteiger charge is 2.32. The summed E-state index contributed by atoms with van der Waals surface area (Å²) in [7, 11) is 0. The smallest absolute Gasteiger partial charge is 0.405 e. The SMILES string of the molecule is N#CC(C#N)=Cc1ccc(F)cc1OC(F)(F)F. The van der Waals surface area contributed by atoms with Crippen molar-refractivity contribution >= 4 is 6.08 Å². The summed E-state index contributed by atoms with van der Waals surface area (Å²) in [4.78, 5) is 0. The summed E-state index contributed by atoms with van der Waals surface area (Å²) < 4.78 is 52.6. The molecule has 0 heterocycles. The normalized spacial score (nSPS) is 10.1. The van der Waals surface area contributed by atoms with E-state index in [0.717, 1.165) is 18.2 Å². The fourth-order valence-electron chi connectivity index (χ4n) is 1.09. The van der Waals surface area contributed by atoms with E-state index in [9.17, 15) is 17.6 Å². The summed E-state index contributed by atoms with van der Waals surface area (Å²) in [5.74, 6) is -1.74. The van der Waals surface area contributed by atoms with Gasteiger partial charge >= 0.3 is 6.36 Å². The van der Waals surface area contributed by atoms with Crippen LogP contribution >= 0.6 is 0 Å². The first-order chi connectivity index (χ1) is 8.35. The van der Waals surface area contributed by atoms with E-state index in [1.54, 1.807) is 0 Å². The molecule has 0 atom stereocenters. The van der Waals surface area contributed by atoms with Gasteiger partial charge < -0.3 is 4.74 Å². The quantitative estimate of drug-likeness (QED) is 0.603. The maximum absolute atomic E-state index is 12.8. The van der Waals surface area contributed by atoms with Gasteiger partial charge in [0.1, 0.15) is 29.3 Å². The standard InChI is InChI=1S/C11H4F4N2O/c12-9-2-1-8(3-7(5-16)6-17)10(4-9)18-11(13,14)15/h1-4H. The number of allylic oxidation sites excluding steroid dienone is 1. The van der Waals surface area contributed by atoms with Crippen LogP contribution in [0.3, 0.4) is 0 Å². The highest BCUT2D eigenvalue weighted by atomic mass is 19.4. The van der Waals surface area contributed by atoms with E-state index >= 15 is 0 Å². The van der Waals surface area contributed by atoms with Crippen LogP contribution in [0.2, 0.25) is 0 Å². The van der Waals surface area contributed by atoms with Gasteiger partial charge in [0, 0.05) is 11.6 Å². The molecule has 1 aromatic rings. The number of nitrogens with zero attached hydrogens (tertiary/aromatic N) is 2. The lowest BCUT2D eigenvalue weighted by Gasteiger charge is -2.11. The third-order valence-corrected chi connectivity index (χ3v) is 1.74. The molecule has 0 N–H and O–H groups in total. The Morgan fingerprint density at radius 2 is 1.83 bits per heavy atom. The van der Waals surface area contributed by atoms with Crippen LogP contribution < -0.4 is 4.74 Å². The Hall–Kier alpha value is -2.54. The Morgan fingerprint density at radius 1 is 1.22 bits per heavy atom. The maximum atomic E-state index is 12.8. The summed E-state index contributed by atoms with van der Waals surface area (Å²) in [5, 5.41) is 17.0. The number of hydrogen-bond acceptors (Lipinski definition) is 3. The molecular formula is C11H4F4N2O. The van der Waals surface area contributed by atoms with Crippen molar-refractivity contribution in [2.75, 3.05) is 0 Å². The molecular weight excluding hydrogens is 252 g/mol. The first kappa shape index (κ1) is 13.5. The number of nitriles is 2. The van der Waals surface area contributed by atoms with Crippen LogP contribution in [-0.2, 0) is 0 Å². The van der Waals surface area contributed by atoms with E-state index in [4.69, 9.17) is 10.5 Å². The number of hydrogen-bond donors (Lipinski definition) is 0. The van der Waals surface area contributed by atoms with Crippen LogP contribution in [-0.4, -0.2) is 6.36 Å². The van der Waals surface area contributed by atoms with Crippen LogP contribution in [0.4, 0.5) is 17.6 Å². The third-order valence-electron chi connectivity index (χ3n) is 1.74. The van der Waals surface area contributed by atoms with Crippen molar-refractivity contribution in [3.63, 3.8) is 0 Å². The van der Waals surface area contributed by atoms with Gasteiger partial charge in [0.05, 0.1) is 0 Å². The van der Waals surface area contributed by atoms with Crippen molar-refractivity contribution in [2.45, 2.75) is 6.36 Å². The summed E-state index contributed by atoms with van der Waals surface area (Å²) in [6.45, 7) is 0. The van der Waals surface area contributed by atoms with E-state index < -0.39 is 23.5 Å². The second-order valence-corrected chi connectivity index (χ2v) is 3.01. The van der Waals surface area contributed by atoms with Crippen molar-refractivity contribution < 1.29 is 22.3 Å². The van der Waals surface area contributed by atoms with Crippen molar-refractivity contribution in [3.05, 3.63) is 35.2 Å². The van der Waals surface area contributed by atoms with Crippen LogP contribution in [0.25, 0.3) is 6.08 Å². The van der Waals surface area contributed by atoms with Gasteiger partial charge in [0.15, 0.2) is 0 Å². The molecule has 0 saturated heterocycles. The predicted molar refractivity (Wildman–Crippen MR) is 52.3 cm³/mol. The average molecular weight is 256 g/mol. The molecule has 0 bridgehead atoms.